The van der Waals surface area contributed by atoms with Gasteiger partial charge in [0.2, 0.25) is 0 Å². The molecular formula is C17H17NOS. The molecule has 1 aliphatic heterocycles. The summed E-state index contributed by atoms with van der Waals surface area (Å²) in [5, 5.41) is 3.47. The van der Waals surface area contributed by atoms with Crippen LogP contribution in [-0.4, -0.2) is 16.4 Å². The van der Waals surface area contributed by atoms with E-state index in [1.54, 1.807) is 11.8 Å². The molecule has 2 nitrogen and oxygen atoms in total. The highest BCUT2D eigenvalue weighted by atomic mass is 32.2. The van der Waals surface area contributed by atoms with Gasteiger partial charge in [-0.3, -0.25) is 4.79 Å². The lowest BCUT2D eigenvalue weighted by atomic mass is 9.99. The van der Waals surface area contributed by atoms with Crippen molar-refractivity contribution in [2.75, 3.05) is 11.1 Å². The summed E-state index contributed by atoms with van der Waals surface area (Å²) < 4.78 is 0. The first kappa shape index (κ1) is 13.3. The monoisotopic (exact) mass is 283 g/mol. The summed E-state index contributed by atoms with van der Waals surface area (Å²) >= 11 is 1.73. The molecule has 1 aliphatic rings. The van der Waals surface area contributed by atoms with E-state index in [1.165, 1.54) is 0 Å². The second-order valence-corrected chi connectivity index (χ2v) is 6.36. The van der Waals surface area contributed by atoms with Gasteiger partial charge in [0.1, 0.15) is 4.87 Å². The molecule has 0 saturated carbocycles. The summed E-state index contributed by atoms with van der Waals surface area (Å²) in [4.78, 5) is 12.4. The number of carbonyl (C=O) groups excluding carboxylic acids is 1. The Bertz CT molecular complexity index is 576. The number of Topliss-reactive ketones (excluding diaryl/α,β-unsaturated/α-hetero) is 1. The molecular weight excluding hydrogens is 266 g/mol. The number of rotatable bonds is 4. The van der Waals surface area contributed by atoms with Crippen LogP contribution >= 0.6 is 11.8 Å². The average molecular weight is 283 g/mol. The first-order valence-corrected chi connectivity index (χ1v) is 7.86. The van der Waals surface area contributed by atoms with E-state index >= 15 is 0 Å². The van der Waals surface area contributed by atoms with E-state index in [1.807, 2.05) is 60.7 Å². The highest BCUT2D eigenvalue weighted by Gasteiger charge is 2.42. The minimum absolute atomic E-state index is 0.185. The number of ketones is 1. The lowest BCUT2D eigenvalue weighted by Crippen LogP contribution is -2.41. The zero-order chi connectivity index (χ0) is 13.8. The van der Waals surface area contributed by atoms with Crippen LogP contribution in [0.25, 0.3) is 0 Å². The van der Waals surface area contributed by atoms with Crippen molar-refractivity contribution in [1.29, 1.82) is 0 Å². The van der Waals surface area contributed by atoms with Gasteiger partial charge in [0.25, 0.3) is 0 Å². The third-order valence-electron chi connectivity index (χ3n) is 3.54. The lowest BCUT2D eigenvalue weighted by molar-refractivity contribution is 0.0953. The SMILES string of the molecule is O=C(c1ccccc1)C1(Nc2ccccc2)CCCS1. The van der Waals surface area contributed by atoms with Crippen LogP contribution in [0.4, 0.5) is 5.69 Å². The molecule has 1 fully saturated rings. The summed E-state index contributed by atoms with van der Waals surface area (Å²) in [6.07, 6.45) is 1.95. The predicted octanol–water partition coefficient (Wildman–Crippen LogP) is 4.20. The van der Waals surface area contributed by atoms with Crippen LogP contribution in [0.5, 0.6) is 0 Å². The van der Waals surface area contributed by atoms with Crippen LogP contribution < -0.4 is 5.32 Å². The summed E-state index contributed by atoms with van der Waals surface area (Å²) in [6.45, 7) is 0. The molecule has 1 N–H and O–H groups in total. The molecule has 1 unspecified atom stereocenters. The maximum Gasteiger partial charge on any atom is 0.198 e. The van der Waals surface area contributed by atoms with Crippen LogP contribution in [0.3, 0.4) is 0 Å². The van der Waals surface area contributed by atoms with Gasteiger partial charge in [-0.2, -0.15) is 0 Å². The van der Waals surface area contributed by atoms with Gasteiger partial charge >= 0.3 is 0 Å². The quantitative estimate of drug-likeness (QED) is 0.852. The van der Waals surface area contributed by atoms with Crippen LogP contribution in [0, 0.1) is 0 Å². The van der Waals surface area contributed by atoms with E-state index in [-0.39, 0.29) is 5.78 Å². The van der Waals surface area contributed by atoms with Gasteiger partial charge in [-0.05, 0) is 30.7 Å². The molecule has 3 heteroatoms. The number of nitrogens with one attached hydrogen (secondary N) is 1. The van der Waals surface area contributed by atoms with Crippen molar-refractivity contribution in [2.45, 2.75) is 17.7 Å². The van der Waals surface area contributed by atoms with Crippen molar-refractivity contribution < 1.29 is 4.79 Å². The molecule has 3 rings (SSSR count). The van der Waals surface area contributed by atoms with Crippen LogP contribution in [0.2, 0.25) is 0 Å². The van der Waals surface area contributed by atoms with E-state index in [0.717, 1.165) is 29.8 Å². The summed E-state index contributed by atoms with van der Waals surface area (Å²) in [7, 11) is 0. The van der Waals surface area contributed by atoms with Crippen molar-refractivity contribution in [3.8, 4) is 0 Å². The number of anilines is 1. The van der Waals surface area contributed by atoms with Gasteiger partial charge in [-0.25, -0.2) is 0 Å². The third-order valence-corrected chi connectivity index (χ3v) is 5.02. The molecule has 2 aromatic rings. The fourth-order valence-corrected chi connectivity index (χ4v) is 3.92. The Morgan fingerprint density at radius 3 is 2.25 bits per heavy atom. The van der Waals surface area contributed by atoms with Crippen LogP contribution in [-0.2, 0) is 0 Å². The fraction of sp³-hybridized carbons (Fsp3) is 0.235. The first-order valence-electron chi connectivity index (χ1n) is 6.87. The highest BCUT2D eigenvalue weighted by molar-refractivity contribution is 8.01. The first-order chi connectivity index (χ1) is 9.80. The van der Waals surface area contributed by atoms with Crippen molar-refractivity contribution in [3.05, 3.63) is 66.2 Å². The zero-order valence-corrected chi connectivity index (χ0v) is 12.0. The number of hydrogen-bond acceptors (Lipinski definition) is 3. The summed E-state index contributed by atoms with van der Waals surface area (Å²) in [5.41, 5.74) is 1.79. The Morgan fingerprint density at radius 2 is 1.65 bits per heavy atom. The number of para-hydroxylation sites is 1. The predicted molar refractivity (Wildman–Crippen MR) is 85.3 cm³/mol. The zero-order valence-electron chi connectivity index (χ0n) is 11.2. The number of thioether (sulfide) groups is 1. The number of benzene rings is 2. The molecule has 0 aliphatic carbocycles. The Morgan fingerprint density at radius 1 is 1.00 bits per heavy atom. The van der Waals surface area contributed by atoms with Crippen LogP contribution in [0.1, 0.15) is 23.2 Å². The van der Waals surface area contributed by atoms with Gasteiger partial charge in [-0.15, -0.1) is 11.8 Å². The van der Waals surface area contributed by atoms with Gasteiger partial charge in [-0.1, -0.05) is 48.5 Å². The minimum atomic E-state index is -0.511. The van der Waals surface area contributed by atoms with Gasteiger partial charge in [0.15, 0.2) is 5.78 Å². The molecule has 0 bridgehead atoms. The Labute approximate surface area is 123 Å². The molecule has 0 amide bonds. The van der Waals surface area contributed by atoms with Gasteiger partial charge in [0, 0.05) is 11.3 Å². The van der Waals surface area contributed by atoms with Crippen molar-refractivity contribution in [2.24, 2.45) is 0 Å². The second-order valence-electron chi connectivity index (χ2n) is 4.97. The standard InChI is InChI=1S/C17H17NOS/c19-16(14-8-3-1-4-9-14)17(12-7-13-20-17)18-15-10-5-2-6-11-15/h1-6,8-11,18H,7,12-13H2. The smallest absolute Gasteiger partial charge is 0.198 e. The van der Waals surface area contributed by atoms with Crippen molar-refractivity contribution in [1.82, 2.24) is 0 Å². The third kappa shape index (κ3) is 2.59. The molecule has 2 aromatic carbocycles. The number of hydrogen-bond donors (Lipinski definition) is 1. The highest BCUT2D eigenvalue weighted by Crippen LogP contribution is 2.41. The van der Waals surface area contributed by atoms with Gasteiger partial charge < -0.3 is 5.32 Å². The van der Waals surface area contributed by atoms with E-state index in [0.29, 0.717) is 0 Å². The minimum Gasteiger partial charge on any atom is -0.364 e. The topological polar surface area (TPSA) is 29.1 Å². The van der Waals surface area contributed by atoms with E-state index < -0.39 is 4.87 Å². The van der Waals surface area contributed by atoms with Crippen molar-refractivity contribution in [3.63, 3.8) is 0 Å². The molecule has 0 spiro atoms. The molecule has 1 heterocycles. The van der Waals surface area contributed by atoms with Crippen LogP contribution in [0.15, 0.2) is 60.7 Å². The second kappa shape index (κ2) is 5.71. The Balaban J connectivity index is 1.90. The molecule has 102 valence electrons. The molecule has 0 radical (unpaired) electrons. The molecule has 20 heavy (non-hydrogen) atoms. The summed E-state index contributed by atoms with van der Waals surface area (Å²) in [5.74, 6) is 1.21. The average Bonchev–Trinajstić information content (AvgIpc) is 2.98. The van der Waals surface area contributed by atoms with E-state index in [2.05, 4.69) is 5.32 Å². The van der Waals surface area contributed by atoms with E-state index in [4.69, 9.17) is 0 Å². The number of carbonyl (C=O) groups is 1. The molecule has 0 aromatic heterocycles. The fourth-order valence-electron chi connectivity index (χ4n) is 2.55. The van der Waals surface area contributed by atoms with Gasteiger partial charge in [0.05, 0.1) is 0 Å². The Hall–Kier alpha value is -1.74. The van der Waals surface area contributed by atoms with E-state index in [9.17, 15) is 4.79 Å². The maximum atomic E-state index is 12.9. The summed E-state index contributed by atoms with van der Waals surface area (Å²) in [6, 6.07) is 19.6. The Kier molecular flexibility index (Phi) is 3.79. The largest absolute Gasteiger partial charge is 0.364 e. The maximum absolute atomic E-state index is 12.9. The lowest BCUT2D eigenvalue weighted by Gasteiger charge is -2.29. The molecule has 1 atom stereocenters. The normalized spacial score (nSPS) is 21.6. The molecule has 1 saturated heterocycles. The van der Waals surface area contributed by atoms with Crippen molar-refractivity contribution >= 4 is 23.2 Å².